The summed E-state index contributed by atoms with van der Waals surface area (Å²) in [6, 6.07) is 9.48. The van der Waals surface area contributed by atoms with Crippen LogP contribution in [-0.4, -0.2) is 0 Å². The Hall–Kier alpha value is -1.70. The Morgan fingerprint density at radius 2 is 1.85 bits per heavy atom. The molecule has 1 N–H and O–H groups in total. The minimum atomic E-state index is 0.485. The molecule has 1 aromatic rings. The van der Waals surface area contributed by atoms with Crippen LogP contribution in [0.15, 0.2) is 55.1 Å². The molecule has 0 atom stereocenters. The van der Waals surface area contributed by atoms with Crippen molar-refractivity contribution in [2.24, 2.45) is 0 Å². The van der Waals surface area contributed by atoms with E-state index in [-0.39, 0.29) is 0 Å². The average Bonchev–Trinajstić information content (AvgIpc) is 2.04. The van der Waals surface area contributed by atoms with Crippen molar-refractivity contribution >= 4 is 0 Å². The Morgan fingerprint density at radius 3 is 2.38 bits per heavy atom. The van der Waals surface area contributed by atoms with Gasteiger partial charge in [0.05, 0.1) is 0 Å². The molecule has 0 aliphatic rings. The standard InChI is InChI=1S/C11H13NO/c1-9(2)12-10(3)13-11-7-5-4-6-8-11/h4-8,12H,1,3H2,2H3. The number of allylic oxidation sites excluding steroid dienone is 1. The van der Waals surface area contributed by atoms with Crippen molar-refractivity contribution in [1.29, 1.82) is 0 Å². The first kappa shape index (κ1) is 9.39. The van der Waals surface area contributed by atoms with E-state index in [9.17, 15) is 0 Å². The molecule has 0 fully saturated rings. The van der Waals surface area contributed by atoms with E-state index in [1.165, 1.54) is 0 Å². The molecule has 0 saturated carbocycles. The predicted octanol–water partition coefficient (Wildman–Crippen LogP) is 2.66. The maximum atomic E-state index is 5.36. The summed E-state index contributed by atoms with van der Waals surface area (Å²) in [6.45, 7) is 9.23. The molecular formula is C11H13NO. The average molecular weight is 175 g/mol. The van der Waals surface area contributed by atoms with Gasteiger partial charge in [-0.3, -0.25) is 0 Å². The Morgan fingerprint density at radius 1 is 1.23 bits per heavy atom. The Bertz CT molecular complexity index is 303. The van der Waals surface area contributed by atoms with Gasteiger partial charge in [0, 0.05) is 5.70 Å². The van der Waals surface area contributed by atoms with Gasteiger partial charge in [-0.05, 0) is 25.6 Å². The number of hydrogen-bond acceptors (Lipinski definition) is 2. The van der Waals surface area contributed by atoms with Gasteiger partial charge in [-0.25, -0.2) is 0 Å². The van der Waals surface area contributed by atoms with Crippen LogP contribution >= 0.6 is 0 Å². The quantitative estimate of drug-likeness (QED) is 0.710. The fourth-order valence-electron chi connectivity index (χ4n) is 0.894. The van der Waals surface area contributed by atoms with Gasteiger partial charge in [0.15, 0.2) is 5.88 Å². The normalized spacial score (nSPS) is 9.00. The third-order valence-corrected chi connectivity index (χ3v) is 1.34. The number of nitrogens with one attached hydrogen (secondary N) is 1. The van der Waals surface area contributed by atoms with Crippen LogP contribution in [0.2, 0.25) is 0 Å². The Kier molecular flexibility index (Phi) is 3.15. The van der Waals surface area contributed by atoms with Gasteiger partial charge in [-0.1, -0.05) is 24.8 Å². The first-order valence-corrected chi connectivity index (χ1v) is 4.03. The number of benzene rings is 1. The first-order valence-electron chi connectivity index (χ1n) is 4.03. The van der Waals surface area contributed by atoms with E-state index >= 15 is 0 Å². The smallest absolute Gasteiger partial charge is 0.190 e. The first-order chi connectivity index (χ1) is 6.18. The lowest BCUT2D eigenvalue weighted by atomic mass is 10.3. The molecule has 1 rings (SSSR count). The molecule has 0 amide bonds. The summed E-state index contributed by atoms with van der Waals surface area (Å²) in [4.78, 5) is 0. The van der Waals surface area contributed by atoms with Gasteiger partial charge in [0.2, 0.25) is 0 Å². The van der Waals surface area contributed by atoms with Crippen LogP contribution in [0.4, 0.5) is 0 Å². The SMILES string of the molecule is C=C(C)NC(=C)Oc1ccccc1. The van der Waals surface area contributed by atoms with E-state index in [0.29, 0.717) is 5.88 Å². The largest absolute Gasteiger partial charge is 0.442 e. The molecule has 0 bridgehead atoms. The number of ether oxygens (including phenoxy) is 1. The molecule has 0 radical (unpaired) electrons. The highest BCUT2D eigenvalue weighted by Crippen LogP contribution is 2.10. The van der Waals surface area contributed by atoms with Crippen LogP contribution < -0.4 is 10.1 Å². The molecule has 13 heavy (non-hydrogen) atoms. The van der Waals surface area contributed by atoms with Gasteiger partial charge >= 0.3 is 0 Å². The molecule has 0 unspecified atom stereocenters. The highest BCUT2D eigenvalue weighted by Gasteiger charge is 1.95. The lowest BCUT2D eigenvalue weighted by Crippen LogP contribution is -2.13. The maximum Gasteiger partial charge on any atom is 0.190 e. The molecule has 2 nitrogen and oxygen atoms in total. The molecule has 68 valence electrons. The minimum absolute atomic E-state index is 0.485. The van der Waals surface area contributed by atoms with Crippen molar-refractivity contribution in [3.05, 3.63) is 55.1 Å². The van der Waals surface area contributed by atoms with Gasteiger partial charge in [-0.15, -0.1) is 0 Å². The monoisotopic (exact) mass is 175 g/mol. The van der Waals surface area contributed by atoms with Crippen LogP contribution in [0, 0.1) is 0 Å². The lowest BCUT2D eigenvalue weighted by molar-refractivity contribution is 0.397. The Balaban J connectivity index is 2.50. The zero-order chi connectivity index (χ0) is 9.68. The zero-order valence-corrected chi connectivity index (χ0v) is 7.71. The van der Waals surface area contributed by atoms with Crippen molar-refractivity contribution in [3.63, 3.8) is 0 Å². The van der Waals surface area contributed by atoms with E-state index < -0.39 is 0 Å². The van der Waals surface area contributed by atoms with Crippen molar-refractivity contribution in [3.8, 4) is 5.75 Å². The molecule has 0 aliphatic carbocycles. The minimum Gasteiger partial charge on any atom is -0.442 e. The summed E-state index contributed by atoms with van der Waals surface area (Å²) >= 11 is 0. The maximum absolute atomic E-state index is 5.36. The summed E-state index contributed by atoms with van der Waals surface area (Å²) in [6.07, 6.45) is 0. The van der Waals surface area contributed by atoms with Crippen molar-refractivity contribution in [2.45, 2.75) is 6.92 Å². The van der Waals surface area contributed by atoms with Crippen molar-refractivity contribution in [1.82, 2.24) is 5.32 Å². The highest BCUT2D eigenvalue weighted by molar-refractivity contribution is 5.23. The van der Waals surface area contributed by atoms with Gasteiger partial charge in [-0.2, -0.15) is 0 Å². The third kappa shape index (κ3) is 3.47. The number of hydrogen-bond donors (Lipinski definition) is 1. The van der Waals surface area contributed by atoms with E-state index in [2.05, 4.69) is 18.5 Å². The van der Waals surface area contributed by atoms with E-state index in [4.69, 9.17) is 4.74 Å². The predicted molar refractivity (Wildman–Crippen MR) is 54.2 cm³/mol. The Labute approximate surface area is 78.5 Å². The second-order valence-electron chi connectivity index (χ2n) is 2.74. The van der Waals surface area contributed by atoms with Crippen molar-refractivity contribution in [2.75, 3.05) is 0 Å². The topological polar surface area (TPSA) is 21.3 Å². The van der Waals surface area contributed by atoms with Crippen LogP contribution in [0.5, 0.6) is 5.75 Å². The van der Waals surface area contributed by atoms with Gasteiger partial charge < -0.3 is 10.1 Å². The second-order valence-corrected chi connectivity index (χ2v) is 2.74. The summed E-state index contributed by atoms with van der Waals surface area (Å²) < 4.78 is 5.36. The molecule has 0 aromatic heterocycles. The van der Waals surface area contributed by atoms with Crippen LogP contribution in [0.1, 0.15) is 6.92 Å². The summed E-state index contributed by atoms with van der Waals surface area (Å²) in [5, 5.41) is 2.88. The molecule has 0 heterocycles. The fourth-order valence-corrected chi connectivity index (χ4v) is 0.894. The molecule has 0 aliphatic heterocycles. The summed E-state index contributed by atoms with van der Waals surface area (Å²) in [5.74, 6) is 1.25. The van der Waals surface area contributed by atoms with E-state index in [1.54, 1.807) is 0 Å². The van der Waals surface area contributed by atoms with Crippen molar-refractivity contribution < 1.29 is 4.74 Å². The van der Waals surface area contributed by atoms with Crippen LogP contribution in [-0.2, 0) is 0 Å². The number of para-hydroxylation sites is 1. The molecule has 0 spiro atoms. The van der Waals surface area contributed by atoms with Gasteiger partial charge in [0.1, 0.15) is 5.75 Å². The van der Waals surface area contributed by atoms with E-state index in [0.717, 1.165) is 11.4 Å². The summed E-state index contributed by atoms with van der Waals surface area (Å²) in [7, 11) is 0. The third-order valence-electron chi connectivity index (χ3n) is 1.34. The fraction of sp³-hybridized carbons (Fsp3) is 0.0909. The summed E-state index contributed by atoms with van der Waals surface area (Å²) in [5.41, 5.74) is 0.806. The molecule has 2 heteroatoms. The molecular weight excluding hydrogens is 162 g/mol. The van der Waals surface area contributed by atoms with E-state index in [1.807, 2.05) is 37.3 Å². The molecule has 1 aromatic carbocycles. The zero-order valence-electron chi connectivity index (χ0n) is 7.71. The lowest BCUT2D eigenvalue weighted by Gasteiger charge is -2.09. The van der Waals surface area contributed by atoms with Crippen LogP contribution in [0.3, 0.4) is 0 Å². The van der Waals surface area contributed by atoms with Gasteiger partial charge in [0.25, 0.3) is 0 Å². The second kappa shape index (κ2) is 4.36. The molecule has 0 saturated heterocycles. The highest BCUT2D eigenvalue weighted by atomic mass is 16.5. The van der Waals surface area contributed by atoms with Crippen LogP contribution in [0.25, 0.3) is 0 Å². The number of rotatable bonds is 4.